The van der Waals surface area contributed by atoms with Gasteiger partial charge in [-0.15, -0.1) is 0 Å². The molecule has 0 amide bonds. The van der Waals surface area contributed by atoms with Gasteiger partial charge < -0.3 is 5.21 Å². The van der Waals surface area contributed by atoms with Crippen LogP contribution >= 0.6 is 39.1 Å². The number of benzene rings is 1. The van der Waals surface area contributed by atoms with Gasteiger partial charge in [-0.3, -0.25) is 0 Å². The molecule has 0 saturated heterocycles. The van der Waals surface area contributed by atoms with Crippen LogP contribution in [0.3, 0.4) is 0 Å². The maximum atomic E-state index is 8.35. The summed E-state index contributed by atoms with van der Waals surface area (Å²) in [5, 5.41) is 11.7. The summed E-state index contributed by atoms with van der Waals surface area (Å²) >= 11 is 14.5. The van der Waals surface area contributed by atoms with Crippen LogP contribution in [0, 0.1) is 0 Å². The molecule has 0 aliphatic rings. The van der Waals surface area contributed by atoms with Crippen LogP contribution in [0.15, 0.2) is 27.8 Å². The second-order valence-electron chi connectivity index (χ2n) is 2.02. The number of halogens is 3. The summed E-state index contributed by atoms with van der Waals surface area (Å²) in [6.07, 6.45) is 0. The summed E-state index contributed by atoms with van der Waals surface area (Å²) in [5.41, 5.74) is 0.576. The van der Waals surface area contributed by atoms with Crippen LogP contribution in [0.4, 0.5) is 0 Å². The molecule has 0 radical (unpaired) electrons. The largest absolute Gasteiger partial charge is 0.410 e. The lowest BCUT2D eigenvalue weighted by Gasteiger charge is -1.98. The minimum atomic E-state index is 0.0180. The molecule has 1 rings (SSSR count). The minimum Gasteiger partial charge on any atom is -0.410 e. The standard InChI is InChI=1S/C7H4BrCl2NO/c8-5-2-1-4(3-6(5)9)7(10)11-12/h1-3,12H/b11-7-. The summed E-state index contributed by atoms with van der Waals surface area (Å²) in [5.74, 6) is 0. The van der Waals surface area contributed by atoms with E-state index < -0.39 is 0 Å². The first kappa shape index (κ1) is 9.84. The predicted molar refractivity (Wildman–Crippen MR) is 53.3 cm³/mol. The van der Waals surface area contributed by atoms with Crippen LogP contribution in [0.2, 0.25) is 5.02 Å². The Morgan fingerprint density at radius 1 is 1.50 bits per heavy atom. The Balaban J connectivity index is 3.13. The third kappa shape index (κ3) is 2.12. The van der Waals surface area contributed by atoms with Crippen molar-refractivity contribution >= 4 is 44.3 Å². The second-order valence-corrected chi connectivity index (χ2v) is 3.64. The molecule has 0 spiro atoms. The Labute approximate surface area is 87.9 Å². The van der Waals surface area contributed by atoms with Crippen LogP contribution < -0.4 is 0 Å². The number of nitrogens with zero attached hydrogens (tertiary/aromatic N) is 1. The molecule has 5 heteroatoms. The van der Waals surface area contributed by atoms with Crippen LogP contribution in [0.25, 0.3) is 0 Å². The van der Waals surface area contributed by atoms with Gasteiger partial charge in [-0.1, -0.05) is 34.4 Å². The van der Waals surface area contributed by atoms with Gasteiger partial charge in [0.1, 0.15) is 0 Å². The number of hydrogen-bond acceptors (Lipinski definition) is 2. The van der Waals surface area contributed by atoms with Gasteiger partial charge in [-0.2, -0.15) is 0 Å². The van der Waals surface area contributed by atoms with E-state index in [1.54, 1.807) is 18.2 Å². The van der Waals surface area contributed by atoms with Crippen molar-refractivity contribution in [2.75, 3.05) is 0 Å². The molecule has 1 aromatic rings. The Morgan fingerprint density at radius 3 is 2.67 bits per heavy atom. The first-order valence-electron chi connectivity index (χ1n) is 2.98. The zero-order chi connectivity index (χ0) is 9.14. The third-order valence-electron chi connectivity index (χ3n) is 1.25. The monoisotopic (exact) mass is 267 g/mol. The highest BCUT2D eigenvalue weighted by Gasteiger charge is 2.03. The van der Waals surface area contributed by atoms with Gasteiger partial charge in [0.15, 0.2) is 5.17 Å². The number of hydrogen-bond donors (Lipinski definition) is 1. The molecular weight excluding hydrogens is 265 g/mol. The van der Waals surface area contributed by atoms with Crippen molar-refractivity contribution in [1.29, 1.82) is 0 Å². The van der Waals surface area contributed by atoms with Crippen LogP contribution in [-0.4, -0.2) is 10.4 Å². The summed E-state index contributed by atoms with van der Waals surface area (Å²) in [6.45, 7) is 0. The summed E-state index contributed by atoms with van der Waals surface area (Å²) < 4.78 is 0.773. The molecule has 0 unspecified atom stereocenters. The van der Waals surface area contributed by atoms with E-state index in [4.69, 9.17) is 28.4 Å². The van der Waals surface area contributed by atoms with Crippen molar-refractivity contribution < 1.29 is 5.21 Å². The van der Waals surface area contributed by atoms with E-state index in [1.807, 2.05) is 0 Å². The first-order valence-corrected chi connectivity index (χ1v) is 4.53. The highest BCUT2D eigenvalue weighted by molar-refractivity contribution is 9.10. The highest BCUT2D eigenvalue weighted by atomic mass is 79.9. The van der Waals surface area contributed by atoms with Crippen molar-refractivity contribution in [2.24, 2.45) is 5.16 Å². The van der Waals surface area contributed by atoms with E-state index in [0.717, 1.165) is 4.47 Å². The summed E-state index contributed by atoms with van der Waals surface area (Å²) in [6, 6.07) is 5.02. The average Bonchev–Trinajstić information content (AvgIpc) is 2.08. The molecule has 0 aliphatic heterocycles. The van der Waals surface area contributed by atoms with Crippen LogP contribution in [-0.2, 0) is 0 Å². The lowest BCUT2D eigenvalue weighted by atomic mass is 10.2. The summed E-state index contributed by atoms with van der Waals surface area (Å²) in [4.78, 5) is 0. The van der Waals surface area contributed by atoms with E-state index in [9.17, 15) is 0 Å². The Morgan fingerprint density at radius 2 is 2.17 bits per heavy atom. The SMILES string of the molecule is O/N=C(\Cl)c1ccc(Br)c(Cl)c1. The summed E-state index contributed by atoms with van der Waals surface area (Å²) in [7, 11) is 0. The van der Waals surface area contributed by atoms with Crippen molar-refractivity contribution in [2.45, 2.75) is 0 Å². The zero-order valence-electron chi connectivity index (χ0n) is 5.76. The predicted octanol–water partition coefficient (Wildman–Crippen LogP) is 3.48. The normalized spacial score (nSPS) is 11.8. The zero-order valence-corrected chi connectivity index (χ0v) is 8.86. The topological polar surface area (TPSA) is 32.6 Å². The molecule has 1 aromatic carbocycles. The Hall–Kier alpha value is -0.250. The molecule has 0 atom stereocenters. The maximum Gasteiger partial charge on any atom is 0.175 e. The maximum absolute atomic E-state index is 8.35. The quantitative estimate of drug-likeness (QED) is 0.472. The van der Waals surface area contributed by atoms with Crippen molar-refractivity contribution in [3.8, 4) is 0 Å². The van der Waals surface area contributed by atoms with Gasteiger partial charge in [0.2, 0.25) is 0 Å². The number of oxime groups is 1. The van der Waals surface area contributed by atoms with Crippen molar-refractivity contribution in [3.05, 3.63) is 33.3 Å². The van der Waals surface area contributed by atoms with Crippen LogP contribution in [0.5, 0.6) is 0 Å². The minimum absolute atomic E-state index is 0.0180. The molecule has 0 heterocycles. The molecule has 0 bridgehead atoms. The fourth-order valence-corrected chi connectivity index (χ4v) is 1.23. The fourth-order valence-electron chi connectivity index (χ4n) is 0.682. The molecule has 64 valence electrons. The van der Waals surface area contributed by atoms with Gasteiger partial charge in [-0.05, 0) is 28.1 Å². The van der Waals surface area contributed by atoms with E-state index in [0.29, 0.717) is 10.6 Å². The highest BCUT2D eigenvalue weighted by Crippen LogP contribution is 2.23. The molecule has 0 aromatic heterocycles. The fraction of sp³-hybridized carbons (Fsp3) is 0. The molecule has 2 nitrogen and oxygen atoms in total. The van der Waals surface area contributed by atoms with Gasteiger partial charge in [-0.25, -0.2) is 0 Å². The third-order valence-corrected chi connectivity index (χ3v) is 2.77. The second kappa shape index (κ2) is 4.12. The van der Waals surface area contributed by atoms with Crippen molar-refractivity contribution in [3.63, 3.8) is 0 Å². The lowest BCUT2D eigenvalue weighted by molar-refractivity contribution is 0.321. The van der Waals surface area contributed by atoms with Gasteiger partial charge in [0.25, 0.3) is 0 Å². The molecule has 0 saturated carbocycles. The van der Waals surface area contributed by atoms with Gasteiger partial charge in [0.05, 0.1) is 5.02 Å². The van der Waals surface area contributed by atoms with Gasteiger partial charge >= 0.3 is 0 Å². The number of rotatable bonds is 1. The lowest BCUT2D eigenvalue weighted by Crippen LogP contribution is -1.90. The van der Waals surface area contributed by atoms with Gasteiger partial charge in [0, 0.05) is 10.0 Å². The average molecular weight is 269 g/mol. The molecular formula is C7H4BrCl2NO. The van der Waals surface area contributed by atoms with Crippen LogP contribution in [0.1, 0.15) is 5.56 Å². The smallest absolute Gasteiger partial charge is 0.175 e. The first-order chi connectivity index (χ1) is 5.65. The molecule has 12 heavy (non-hydrogen) atoms. The molecule has 0 aliphatic carbocycles. The van der Waals surface area contributed by atoms with E-state index in [-0.39, 0.29) is 5.17 Å². The van der Waals surface area contributed by atoms with E-state index in [2.05, 4.69) is 21.1 Å². The molecule has 0 fully saturated rings. The molecule has 1 N–H and O–H groups in total. The van der Waals surface area contributed by atoms with E-state index >= 15 is 0 Å². The Bertz CT molecular complexity index is 327. The van der Waals surface area contributed by atoms with E-state index in [1.165, 1.54) is 0 Å². The Kier molecular flexibility index (Phi) is 3.38. The van der Waals surface area contributed by atoms with Crippen molar-refractivity contribution in [1.82, 2.24) is 0 Å².